The van der Waals surface area contributed by atoms with Gasteiger partial charge in [-0.3, -0.25) is 4.79 Å². The van der Waals surface area contributed by atoms with Gasteiger partial charge in [-0.1, -0.05) is 41.1 Å². The average Bonchev–Trinajstić information content (AvgIpc) is 2.87. The van der Waals surface area contributed by atoms with Gasteiger partial charge in [0, 0.05) is 19.0 Å². The van der Waals surface area contributed by atoms with E-state index in [2.05, 4.69) is 11.9 Å². The van der Waals surface area contributed by atoms with Gasteiger partial charge in [0.2, 0.25) is 0 Å². The highest BCUT2D eigenvalue weighted by atomic mass is 35.5. The molecule has 0 fully saturated rings. The van der Waals surface area contributed by atoms with Crippen molar-refractivity contribution in [3.05, 3.63) is 45.9 Å². The number of Topliss-reactive ketones (excluding diaryl/α,β-unsaturated/α-hetero) is 1. The van der Waals surface area contributed by atoms with Crippen LogP contribution in [0.1, 0.15) is 35.1 Å². The number of rotatable bonds is 4. The second kappa shape index (κ2) is 5.72. The molecule has 1 unspecified atom stereocenters. The third-order valence-electron chi connectivity index (χ3n) is 3.08. The predicted octanol–water partition coefficient (Wildman–Crippen LogP) is 4.20. The molecule has 0 spiro atoms. The van der Waals surface area contributed by atoms with Gasteiger partial charge in [0.1, 0.15) is 0 Å². The lowest BCUT2D eigenvalue weighted by Crippen LogP contribution is -2.21. The van der Waals surface area contributed by atoms with Crippen LogP contribution in [0, 0.1) is 0 Å². The number of halogens is 1. The van der Waals surface area contributed by atoms with Gasteiger partial charge in [-0.2, -0.15) is 0 Å². The van der Waals surface area contributed by atoms with Crippen LogP contribution in [0.15, 0.2) is 30.5 Å². The van der Waals surface area contributed by atoms with Gasteiger partial charge in [-0.05, 0) is 18.6 Å². The summed E-state index contributed by atoms with van der Waals surface area (Å²) in [4.78, 5) is 18.3. The van der Waals surface area contributed by atoms with Crippen molar-refractivity contribution in [1.82, 2.24) is 4.98 Å². The lowest BCUT2D eigenvalue weighted by molar-refractivity contribution is 0.102. The first-order chi connectivity index (χ1) is 9.00. The number of hydrogen-bond acceptors (Lipinski definition) is 4. The molecule has 0 bridgehead atoms. The lowest BCUT2D eigenvalue weighted by atomic mass is 10.1. The van der Waals surface area contributed by atoms with Gasteiger partial charge in [0.15, 0.2) is 10.9 Å². The number of anilines is 1. The van der Waals surface area contributed by atoms with Gasteiger partial charge in [0.05, 0.1) is 17.1 Å². The number of benzene rings is 1. The van der Waals surface area contributed by atoms with E-state index in [0.717, 1.165) is 15.7 Å². The molecule has 1 aromatic carbocycles. The van der Waals surface area contributed by atoms with Crippen LogP contribution >= 0.6 is 22.9 Å². The van der Waals surface area contributed by atoms with Crippen LogP contribution in [-0.4, -0.2) is 17.8 Å². The van der Waals surface area contributed by atoms with E-state index in [1.54, 1.807) is 13.1 Å². The summed E-state index contributed by atoms with van der Waals surface area (Å²) in [6.45, 7) is 3.62. The molecule has 0 saturated heterocycles. The Balaban J connectivity index is 2.25. The van der Waals surface area contributed by atoms with Crippen molar-refractivity contribution in [3.8, 4) is 0 Å². The van der Waals surface area contributed by atoms with Crippen LogP contribution in [-0.2, 0) is 0 Å². The molecule has 2 aromatic rings. The van der Waals surface area contributed by atoms with Gasteiger partial charge >= 0.3 is 0 Å². The molecule has 2 rings (SSSR count). The van der Waals surface area contributed by atoms with Crippen LogP contribution in [0.3, 0.4) is 0 Å². The minimum absolute atomic E-state index is 0.0440. The van der Waals surface area contributed by atoms with E-state index in [1.165, 1.54) is 11.3 Å². The van der Waals surface area contributed by atoms with Crippen LogP contribution in [0.25, 0.3) is 0 Å². The Kier molecular flexibility index (Phi) is 4.22. The predicted molar refractivity (Wildman–Crippen MR) is 80.4 cm³/mol. The standard InChI is InChI=1S/C14H15ClN2OS/c1-9(11-6-4-5-7-12(11)15)17(3)14-16-8-13(19-14)10(2)18/h4-9H,1-3H3. The first-order valence-corrected chi connectivity index (χ1v) is 7.14. The SMILES string of the molecule is CC(=O)c1cnc(N(C)C(C)c2ccccc2Cl)s1. The Morgan fingerprint density at radius 2 is 2.11 bits per heavy atom. The van der Waals surface area contributed by atoms with E-state index < -0.39 is 0 Å². The number of carbonyl (C=O) groups is 1. The number of nitrogens with zero attached hydrogens (tertiary/aromatic N) is 2. The van der Waals surface area contributed by atoms with Crippen molar-refractivity contribution in [2.45, 2.75) is 19.9 Å². The molecule has 3 nitrogen and oxygen atoms in total. The molecule has 19 heavy (non-hydrogen) atoms. The lowest BCUT2D eigenvalue weighted by Gasteiger charge is -2.25. The van der Waals surface area contributed by atoms with E-state index in [0.29, 0.717) is 4.88 Å². The summed E-state index contributed by atoms with van der Waals surface area (Å²) in [6, 6.07) is 7.86. The van der Waals surface area contributed by atoms with Crippen LogP contribution < -0.4 is 4.90 Å². The maximum atomic E-state index is 11.3. The monoisotopic (exact) mass is 294 g/mol. The van der Waals surface area contributed by atoms with Crippen molar-refractivity contribution >= 4 is 33.9 Å². The topological polar surface area (TPSA) is 33.2 Å². The molecule has 0 N–H and O–H groups in total. The zero-order chi connectivity index (χ0) is 14.0. The number of thiazole rings is 1. The van der Waals surface area contributed by atoms with Crippen molar-refractivity contribution in [3.63, 3.8) is 0 Å². The van der Waals surface area contributed by atoms with Crippen molar-refractivity contribution < 1.29 is 4.79 Å². The highest BCUT2D eigenvalue weighted by Crippen LogP contribution is 2.32. The van der Waals surface area contributed by atoms with Gasteiger partial charge in [-0.25, -0.2) is 4.98 Å². The van der Waals surface area contributed by atoms with Crippen LogP contribution in [0.5, 0.6) is 0 Å². The highest BCUT2D eigenvalue weighted by molar-refractivity contribution is 7.17. The minimum Gasteiger partial charge on any atom is -0.344 e. The molecule has 0 aliphatic carbocycles. The maximum Gasteiger partial charge on any atom is 0.186 e. The fraction of sp³-hybridized carbons (Fsp3) is 0.286. The summed E-state index contributed by atoms with van der Waals surface area (Å²) in [6.07, 6.45) is 1.62. The quantitative estimate of drug-likeness (QED) is 0.793. The minimum atomic E-state index is 0.0440. The summed E-state index contributed by atoms with van der Waals surface area (Å²) >= 11 is 7.61. The Morgan fingerprint density at radius 1 is 1.42 bits per heavy atom. The number of carbonyl (C=O) groups excluding carboxylic acids is 1. The van der Waals surface area contributed by atoms with Crippen molar-refractivity contribution in [2.24, 2.45) is 0 Å². The van der Waals surface area contributed by atoms with Crippen LogP contribution in [0.4, 0.5) is 5.13 Å². The molecule has 100 valence electrons. The van der Waals surface area contributed by atoms with E-state index >= 15 is 0 Å². The molecule has 5 heteroatoms. The van der Waals surface area contributed by atoms with E-state index in [1.807, 2.05) is 36.2 Å². The summed E-state index contributed by atoms with van der Waals surface area (Å²) in [5, 5.41) is 1.56. The number of aromatic nitrogens is 1. The van der Waals surface area contributed by atoms with E-state index in [9.17, 15) is 4.79 Å². The molecule has 0 amide bonds. The van der Waals surface area contributed by atoms with Crippen molar-refractivity contribution in [2.75, 3.05) is 11.9 Å². The van der Waals surface area contributed by atoms with Crippen molar-refractivity contribution in [1.29, 1.82) is 0 Å². The Labute approximate surface area is 121 Å². The summed E-state index contributed by atoms with van der Waals surface area (Å²) < 4.78 is 0. The van der Waals surface area contributed by atoms with E-state index in [-0.39, 0.29) is 11.8 Å². The fourth-order valence-electron chi connectivity index (χ4n) is 1.78. The molecule has 0 saturated carbocycles. The first-order valence-electron chi connectivity index (χ1n) is 5.94. The van der Waals surface area contributed by atoms with Gasteiger partial charge in [0.25, 0.3) is 0 Å². The highest BCUT2D eigenvalue weighted by Gasteiger charge is 2.18. The molecule has 1 atom stereocenters. The smallest absolute Gasteiger partial charge is 0.186 e. The Morgan fingerprint density at radius 3 is 2.68 bits per heavy atom. The molecule has 1 aromatic heterocycles. The normalized spacial score (nSPS) is 12.2. The molecule has 0 aliphatic rings. The second-order valence-electron chi connectivity index (χ2n) is 4.37. The largest absolute Gasteiger partial charge is 0.344 e. The molecule has 0 radical (unpaired) electrons. The third-order valence-corrected chi connectivity index (χ3v) is 4.61. The van der Waals surface area contributed by atoms with E-state index in [4.69, 9.17) is 11.6 Å². The summed E-state index contributed by atoms with van der Waals surface area (Å²) in [5.41, 5.74) is 1.05. The second-order valence-corrected chi connectivity index (χ2v) is 5.79. The Bertz CT molecular complexity index is 597. The zero-order valence-corrected chi connectivity index (χ0v) is 12.6. The number of ketones is 1. The fourth-order valence-corrected chi connectivity index (χ4v) is 2.93. The Hall–Kier alpha value is -1.39. The summed E-state index contributed by atoms with van der Waals surface area (Å²) in [5.74, 6) is 0.0440. The van der Waals surface area contributed by atoms with Crippen LogP contribution in [0.2, 0.25) is 5.02 Å². The van der Waals surface area contributed by atoms with Gasteiger partial charge in [-0.15, -0.1) is 0 Å². The molecule has 0 aliphatic heterocycles. The van der Waals surface area contributed by atoms with Gasteiger partial charge < -0.3 is 4.90 Å². The maximum absolute atomic E-state index is 11.3. The average molecular weight is 295 g/mol. The number of hydrogen-bond donors (Lipinski definition) is 0. The molecular weight excluding hydrogens is 280 g/mol. The molecular formula is C14H15ClN2OS. The molecule has 1 heterocycles. The third kappa shape index (κ3) is 2.96. The summed E-state index contributed by atoms with van der Waals surface area (Å²) in [7, 11) is 1.96. The zero-order valence-electron chi connectivity index (χ0n) is 11.1. The first kappa shape index (κ1) is 14.0.